The Kier molecular flexibility index (Phi) is 1.32. The summed E-state index contributed by atoms with van der Waals surface area (Å²) in [4.78, 5) is 0. The van der Waals surface area contributed by atoms with Crippen molar-refractivity contribution in [3.05, 3.63) is 0 Å². The Labute approximate surface area is 46.4 Å². The maximum atomic E-state index is 8.21. The molecule has 0 spiro atoms. The Morgan fingerprint density at radius 1 is 2.00 bits per heavy atom. The summed E-state index contributed by atoms with van der Waals surface area (Å²) in [6, 6.07) is 2.09. The molecule has 0 aliphatic carbocycles. The molecule has 3 heteroatoms. The SMILES string of the molecule is N#CC1C=NSC1. The monoisotopic (exact) mass is 112 g/mol. The third-order valence-electron chi connectivity index (χ3n) is 0.735. The molecule has 0 saturated carbocycles. The van der Waals surface area contributed by atoms with Crippen LogP contribution in [0.4, 0.5) is 0 Å². The van der Waals surface area contributed by atoms with Crippen molar-refractivity contribution in [1.29, 1.82) is 5.26 Å². The smallest absolute Gasteiger partial charge is 0.0930 e. The fraction of sp³-hybridized carbons (Fsp3) is 0.500. The molecule has 1 atom stereocenters. The first-order valence-electron chi connectivity index (χ1n) is 1.98. The van der Waals surface area contributed by atoms with Gasteiger partial charge in [0.1, 0.15) is 0 Å². The van der Waals surface area contributed by atoms with Crippen LogP contribution in [0.2, 0.25) is 0 Å². The highest BCUT2D eigenvalue weighted by atomic mass is 32.2. The van der Waals surface area contributed by atoms with Crippen molar-refractivity contribution >= 4 is 18.2 Å². The van der Waals surface area contributed by atoms with Gasteiger partial charge >= 0.3 is 0 Å². The van der Waals surface area contributed by atoms with Gasteiger partial charge in [0, 0.05) is 12.0 Å². The fourth-order valence-corrected chi connectivity index (χ4v) is 0.994. The number of hydrogen-bond donors (Lipinski definition) is 0. The van der Waals surface area contributed by atoms with E-state index < -0.39 is 0 Å². The zero-order valence-electron chi connectivity index (χ0n) is 3.66. The molecule has 1 aliphatic heterocycles. The standard InChI is InChI=1S/C4H4N2S/c5-1-4-2-6-7-3-4/h2,4H,3H2. The minimum absolute atomic E-state index is 0.0741. The summed E-state index contributed by atoms with van der Waals surface area (Å²) >= 11 is 1.45. The summed E-state index contributed by atoms with van der Waals surface area (Å²) in [6.07, 6.45) is 1.69. The topological polar surface area (TPSA) is 36.1 Å². The lowest BCUT2D eigenvalue weighted by Crippen LogP contribution is -1.93. The third kappa shape index (κ3) is 0.937. The molecule has 36 valence electrons. The average molecular weight is 112 g/mol. The van der Waals surface area contributed by atoms with E-state index >= 15 is 0 Å². The van der Waals surface area contributed by atoms with Crippen LogP contribution in [-0.2, 0) is 0 Å². The van der Waals surface area contributed by atoms with Gasteiger partial charge in [-0.3, -0.25) is 0 Å². The van der Waals surface area contributed by atoms with Crippen LogP contribution in [0.15, 0.2) is 4.40 Å². The molecule has 1 heterocycles. The normalized spacial score (nSPS) is 27.6. The van der Waals surface area contributed by atoms with Crippen LogP contribution in [-0.4, -0.2) is 12.0 Å². The zero-order chi connectivity index (χ0) is 5.11. The summed E-state index contributed by atoms with van der Waals surface area (Å²) in [5.74, 6) is 0.918. The number of nitrogens with zero attached hydrogens (tertiary/aromatic N) is 2. The highest BCUT2D eigenvalue weighted by molar-refractivity contribution is 7.98. The molecule has 0 bridgehead atoms. The lowest BCUT2D eigenvalue weighted by molar-refractivity contribution is 1.08. The quantitative estimate of drug-likeness (QED) is 0.436. The minimum Gasteiger partial charge on any atom is -0.228 e. The molecule has 0 amide bonds. The minimum atomic E-state index is 0.0741. The van der Waals surface area contributed by atoms with E-state index in [9.17, 15) is 0 Å². The molecule has 0 aromatic heterocycles. The van der Waals surface area contributed by atoms with Crippen LogP contribution >= 0.6 is 11.9 Å². The van der Waals surface area contributed by atoms with Gasteiger partial charge in [0.25, 0.3) is 0 Å². The molecule has 0 fully saturated rings. The molecule has 1 rings (SSSR count). The van der Waals surface area contributed by atoms with E-state index in [1.807, 2.05) is 0 Å². The maximum Gasteiger partial charge on any atom is 0.0930 e. The Hall–Kier alpha value is -0.490. The van der Waals surface area contributed by atoms with E-state index in [-0.39, 0.29) is 5.92 Å². The Balaban J connectivity index is 2.47. The van der Waals surface area contributed by atoms with Crippen LogP contribution in [0.25, 0.3) is 0 Å². The second-order valence-corrected chi connectivity index (χ2v) is 2.09. The maximum absolute atomic E-state index is 8.21. The van der Waals surface area contributed by atoms with E-state index in [2.05, 4.69) is 10.5 Å². The van der Waals surface area contributed by atoms with Gasteiger partial charge < -0.3 is 0 Å². The van der Waals surface area contributed by atoms with Gasteiger partial charge in [-0.1, -0.05) is 0 Å². The van der Waals surface area contributed by atoms with Crippen molar-refractivity contribution in [2.75, 3.05) is 5.75 Å². The average Bonchev–Trinajstić information content (AvgIpc) is 2.14. The van der Waals surface area contributed by atoms with Crippen molar-refractivity contribution in [2.24, 2.45) is 10.3 Å². The lowest BCUT2D eigenvalue weighted by Gasteiger charge is -1.82. The highest BCUT2D eigenvalue weighted by Crippen LogP contribution is 2.14. The van der Waals surface area contributed by atoms with Gasteiger partial charge in [-0.05, 0) is 11.9 Å². The molecule has 1 aliphatic rings. The number of nitriles is 1. The van der Waals surface area contributed by atoms with E-state index in [0.717, 1.165) is 5.75 Å². The van der Waals surface area contributed by atoms with Crippen molar-refractivity contribution in [2.45, 2.75) is 0 Å². The molecule has 2 nitrogen and oxygen atoms in total. The van der Waals surface area contributed by atoms with Crippen LogP contribution < -0.4 is 0 Å². The largest absolute Gasteiger partial charge is 0.228 e. The molecular formula is C4H4N2S. The van der Waals surface area contributed by atoms with Crippen molar-refractivity contribution in [3.63, 3.8) is 0 Å². The summed E-state index contributed by atoms with van der Waals surface area (Å²) in [5, 5.41) is 8.21. The summed E-state index contributed by atoms with van der Waals surface area (Å²) in [6.45, 7) is 0. The van der Waals surface area contributed by atoms with E-state index in [0.29, 0.717) is 0 Å². The molecule has 0 aromatic rings. The molecule has 0 aromatic carbocycles. The van der Waals surface area contributed by atoms with Gasteiger partial charge in [0.05, 0.1) is 12.0 Å². The van der Waals surface area contributed by atoms with Crippen molar-refractivity contribution in [3.8, 4) is 6.07 Å². The van der Waals surface area contributed by atoms with Gasteiger partial charge in [-0.15, -0.1) is 0 Å². The first-order valence-corrected chi connectivity index (χ1v) is 2.93. The molecule has 0 N–H and O–H groups in total. The van der Waals surface area contributed by atoms with Gasteiger partial charge in [-0.2, -0.15) is 5.26 Å². The first kappa shape index (κ1) is 4.66. The second kappa shape index (κ2) is 1.99. The first-order chi connectivity index (χ1) is 3.43. The van der Waals surface area contributed by atoms with E-state index in [4.69, 9.17) is 5.26 Å². The van der Waals surface area contributed by atoms with E-state index in [1.165, 1.54) is 11.9 Å². The Morgan fingerprint density at radius 3 is 3.14 bits per heavy atom. The predicted molar refractivity (Wildman–Crippen MR) is 30.1 cm³/mol. The highest BCUT2D eigenvalue weighted by Gasteiger charge is 2.07. The summed E-state index contributed by atoms with van der Waals surface area (Å²) < 4.78 is 3.80. The Bertz CT molecular complexity index is 124. The van der Waals surface area contributed by atoms with Gasteiger partial charge in [-0.25, -0.2) is 4.40 Å². The fourth-order valence-electron chi connectivity index (χ4n) is 0.353. The number of hydrogen-bond acceptors (Lipinski definition) is 3. The summed E-state index contributed by atoms with van der Waals surface area (Å²) in [7, 11) is 0. The third-order valence-corrected chi connectivity index (χ3v) is 1.51. The van der Waals surface area contributed by atoms with Crippen LogP contribution in [0.3, 0.4) is 0 Å². The van der Waals surface area contributed by atoms with Crippen LogP contribution in [0.5, 0.6) is 0 Å². The lowest BCUT2D eigenvalue weighted by atomic mass is 10.2. The molecule has 0 radical (unpaired) electrons. The van der Waals surface area contributed by atoms with Crippen LogP contribution in [0.1, 0.15) is 0 Å². The summed E-state index contributed by atoms with van der Waals surface area (Å²) in [5.41, 5.74) is 0. The molecule has 1 unspecified atom stereocenters. The second-order valence-electron chi connectivity index (χ2n) is 1.29. The van der Waals surface area contributed by atoms with E-state index in [1.54, 1.807) is 6.21 Å². The zero-order valence-corrected chi connectivity index (χ0v) is 4.48. The van der Waals surface area contributed by atoms with Gasteiger partial charge in [0.15, 0.2) is 0 Å². The number of rotatable bonds is 0. The molecule has 0 saturated heterocycles. The van der Waals surface area contributed by atoms with Crippen molar-refractivity contribution < 1.29 is 0 Å². The van der Waals surface area contributed by atoms with Crippen LogP contribution in [0, 0.1) is 17.2 Å². The molecular weight excluding hydrogens is 108 g/mol. The van der Waals surface area contributed by atoms with Crippen molar-refractivity contribution in [1.82, 2.24) is 0 Å². The van der Waals surface area contributed by atoms with Gasteiger partial charge in [0.2, 0.25) is 0 Å². The Morgan fingerprint density at radius 2 is 2.86 bits per heavy atom. The molecule has 7 heavy (non-hydrogen) atoms. The predicted octanol–water partition coefficient (Wildman–Crippen LogP) is 0.859.